The number of carbonyl (C=O) groups is 2. The summed E-state index contributed by atoms with van der Waals surface area (Å²) in [5.41, 5.74) is 3.31. The lowest BCUT2D eigenvalue weighted by Gasteiger charge is -2.29. The monoisotopic (exact) mass is 365 g/mol. The third kappa shape index (κ3) is 4.67. The fraction of sp³-hybridized carbons (Fsp3) is 0.364. The van der Waals surface area contributed by atoms with Crippen molar-refractivity contribution in [2.45, 2.75) is 33.6 Å². The zero-order chi connectivity index (χ0) is 19.4. The Balaban J connectivity index is 1.63. The van der Waals surface area contributed by atoms with Crippen molar-refractivity contribution in [1.29, 1.82) is 0 Å². The number of carbonyl (C=O) groups excluding carboxylic acids is 2. The number of hydrogen-bond acceptors (Lipinski definition) is 3. The molecule has 0 saturated carbocycles. The molecule has 2 aromatic carbocycles. The molecule has 27 heavy (non-hydrogen) atoms. The van der Waals surface area contributed by atoms with Crippen LogP contribution in [-0.2, 0) is 16.0 Å². The van der Waals surface area contributed by atoms with Gasteiger partial charge in [0, 0.05) is 29.0 Å². The molecule has 0 aliphatic carbocycles. The van der Waals surface area contributed by atoms with Crippen LogP contribution in [-0.4, -0.2) is 24.9 Å². The number of rotatable bonds is 4. The van der Waals surface area contributed by atoms with Gasteiger partial charge in [0.2, 0.25) is 11.8 Å². The first kappa shape index (κ1) is 19.0. The highest BCUT2D eigenvalue weighted by molar-refractivity contribution is 5.97. The summed E-state index contributed by atoms with van der Waals surface area (Å²) in [5, 5.41) is 6.09. The van der Waals surface area contributed by atoms with Crippen LogP contribution in [0.2, 0.25) is 0 Å². The van der Waals surface area contributed by atoms with Crippen molar-refractivity contribution in [3.63, 3.8) is 0 Å². The first-order valence-electron chi connectivity index (χ1n) is 9.38. The molecule has 5 heteroatoms. The topological polar surface area (TPSA) is 61.4 Å². The molecular weight excluding hydrogens is 338 g/mol. The Bertz CT molecular complexity index is 839. The summed E-state index contributed by atoms with van der Waals surface area (Å²) in [6.45, 7) is 6.59. The molecule has 0 saturated heterocycles. The molecule has 1 aliphatic heterocycles. The lowest BCUT2D eigenvalue weighted by Crippen LogP contribution is -2.39. The Morgan fingerprint density at radius 1 is 1.04 bits per heavy atom. The maximum Gasteiger partial charge on any atom is 0.246 e. The van der Waals surface area contributed by atoms with Crippen LogP contribution >= 0.6 is 0 Å². The molecule has 142 valence electrons. The number of para-hydroxylation sites is 1. The van der Waals surface area contributed by atoms with Crippen LogP contribution in [0.5, 0.6) is 0 Å². The zero-order valence-corrected chi connectivity index (χ0v) is 16.2. The molecule has 5 nitrogen and oxygen atoms in total. The van der Waals surface area contributed by atoms with Gasteiger partial charge in [-0.1, -0.05) is 45.0 Å². The molecule has 0 fully saturated rings. The van der Waals surface area contributed by atoms with Crippen LogP contribution in [0.1, 0.15) is 32.8 Å². The third-order valence-corrected chi connectivity index (χ3v) is 4.66. The first-order chi connectivity index (χ1) is 12.8. The average Bonchev–Trinajstić information content (AvgIpc) is 2.65. The first-order valence-corrected chi connectivity index (χ1v) is 9.38. The highest BCUT2D eigenvalue weighted by Gasteiger charge is 2.22. The molecule has 0 unspecified atom stereocenters. The lowest BCUT2D eigenvalue weighted by atomic mass is 9.95. The predicted octanol–water partition coefficient (Wildman–Crippen LogP) is 4.06. The molecule has 2 aromatic rings. The summed E-state index contributed by atoms with van der Waals surface area (Å²) in [4.78, 5) is 26.7. The van der Waals surface area contributed by atoms with E-state index in [2.05, 4.69) is 16.7 Å². The Morgan fingerprint density at radius 2 is 1.78 bits per heavy atom. The van der Waals surface area contributed by atoms with Crippen LogP contribution < -0.4 is 15.5 Å². The number of benzene rings is 2. The normalized spacial score (nSPS) is 13.7. The molecule has 1 aliphatic rings. The summed E-state index contributed by atoms with van der Waals surface area (Å²) in [6.07, 6.45) is 2.00. The molecule has 3 rings (SSSR count). The van der Waals surface area contributed by atoms with E-state index in [1.165, 1.54) is 5.56 Å². The molecule has 2 amide bonds. The zero-order valence-electron chi connectivity index (χ0n) is 16.2. The van der Waals surface area contributed by atoms with Gasteiger partial charge >= 0.3 is 0 Å². The standard InChI is InChI=1S/C22H27N3O2/c1-22(2,3)21(27)24-18-11-6-10-17(14-18)23-15-20(26)25-13-7-9-16-8-4-5-12-19(16)25/h4-6,8,10-12,14,23H,7,9,13,15H2,1-3H3,(H,24,27). The quantitative estimate of drug-likeness (QED) is 0.859. The van der Waals surface area contributed by atoms with E-state index in [1.54, 1.807) is 0 Å². The van der Waals surface area contributed by atoms with Crippen LogP contribution in [0.15, 0.2) is 48.5 Å². The lowest BCUT2D eigenvalue weighted by molar-refractivity contribution is -0.123. The van der Waals surface area contributed by atoms with Gasteiger partial charge in [-0.2, -0.15) is 0 Å². The fourth-order valence-corrected chi connectivity index (χ4v) is 3.09. The SMILES string of the molecule is CC(C)(C)C(=O)Nc1cccc(NCC(=O)N2CCCc3ccccc32)c1. The predicted molar refractivity (Wildman–Crippen MR) is 110 cm³/mol. The van der Waals surface area contributed by atoms with Crippen molar-refractivity contribution < 1.29 is 9.59 Å². The van der Waals surface area contributed by atoms with Gasteiger partial charge in [-0.05, 0) is 42.7 Å². The Morgan fingerprint density at radius 3 is 2.56 bits per heavy atom. The van der Waals surface area contributed by atoms with Crippen LogP contribution in [0.25, 0.3) is 0 Å². The van der Waals surface area contributed by atoms with Gasteiger partial charge in [-0.25, -0.2) is 0 Å². The van der Waals surface area contributed by atoms with Gasteiger partial charge in [-0.3, -0.25) is 9.59 Å². The number of fused-ring (bicyclic) bond motifs is 1. The second-order valence-corrected chi connectivity index (χ2v) is 7.92. The van der Waals surface area contributed by atoms with Crippen LogP contribution in [0.4, 0.5) is 17.1 Å². The highest BCUT2D eigenvalue weighted by atomic mass is 16.2. The molecule has 2 N–H and O–H groups in total. The number of hydrogen-bond donors (Lipinski definition) is 2. The minimum atomic E-state index is -0.457. The second-order valence-electron chi connectivity index (χ2n) is 7.92. The summed E-state index contributed by atoms with van der Waals surface area (Å²) in [5.74, 6) is 0.00642. The summed E-state index contributed by atoms with van der Waals surface area (Å²) < 4.78 is 0. The molecule has 0 atom stereocenters. The maximum atomic E-state index is 12.7. The molecule has 0 spiro atoms. The van der Waals surface area contributed by atoms with E-state index < -0.39 is 5.41 Å². The largest absolute Gasteiger partial charge is 0.376 e. The Hall–Kier alpha value is -2.82. The summed E-state index contributed by atoms with van der Waals surface area (Å²) >= 11 is 0. The van der Waals surface area contributed by atoms with E-state index in [9.17, 15) is 9.59 Å². The fourth-order valence-electron chi connectivity index (χ4n) is 3.09. The van der Waals surface area contributed by atoms with Crippen molar-refractivity contribution >= 4 is 28.9 Å². The van der Waals surface area contributed by atoms with E-state index in [4.69, 9.17) is 0 Å². The molecule has 1 heterocycles. The summed E-state index contributed by atoms with van der Waals surface area (Å²) in [6, 6.07) is 15.5. The minimum absolute atomic E-state index is 0.0411. The van der Waals surface area contributed by atoms with E-state index >= 15 is 0 Å². The van der Waals surface area contributed by atoms with E-state index in [0.717, 1.165) is 36.4 Å². The van der Waals surface area contributed by atoms with Crippen LogP contribution in [0, 0.1) is 5.41 Å². The van der Waals surface area contributed by atoms with Crippen molar-refractivity contribution in [1.82, 2.24) is 0 Å². The van der Waals surface area contributed by atoms with Crippen molar-refractivity contribution in [3.05, 3.63) is 54.1 Å². The van der Waals surface area contributed by atoms with Gasteiger partial charge < -0.3 is 15.5 Å². The highest BCUT2D eigenvalue weighted by Crippen LogP contribution is 2.27. The molecular formula is C22H27N3O2. The van der Waals surface area contributed by atoms with Gasteiger partial charge in [-0.15, -0.1) is 0 Å². The number of nitrogens with zero attached hydrogens (tertiary/aromatic N) is 1. The maximum absolute atomic E-state index is 12.7. The Labute approximate surface area is 160 Å². The number of anilines is 3. The van der Waals surface area contributed by atoms with Crippen molar-refractivity contribution in [2.24, 2.45) is 5.41 Å². The number of nitrogens with one attached hydrogen (secondary N) is 2. The smallest absolute Gasteiger partial charge is 0.246 e. The third-order valence-electron chi connectivity index (χ3n) is 4.66. The van der Waals surface area contributed by atoms with E-state index in [0.29, 0.717) is 0 Å². The van der Waals surface area contributed by atoms with Crippen molar-refractivity contribution in [3.8, 4) is 0 Å². The molecule has 0 radical (unpaired) electrons. The molecule has 0 aromatic heterocycles. The summed E-state index contributed by atoms with van der Waals surface area (Å²) in [7, 11) is 0. The molecule has 0 bridgehead atoms. The van der Waals surface area contributed by atoms with Crippen LogP contribution in [0.3, 0.4) is 0 Å². The van der Waals surface area contributed by atoms with Gasteiger partial charge in [0.25, 0.3) is 0 Å². The second kappa shape index (κ2) is 7.82. The van der Waals surface area contributed by atoms with E-state index in [1.807, 2.05) is 68.1 Å². The number of aryl methyl sites for hydroxylation is 1. The van der Waals surface area contributed by atoms with Gasteiger partial charge in [0.05, 0.1) is 6.54 Å². The average molecular weight is 365 g/mol. The van der Waals surface area contributed by atoms with Crippen molar-refractivity contribution in [2.75, 3.05) is 28.6 Å². The minimum Gasteiger partial charge on any atom is -0.376 e. The van der Waals surface area contributed by atoms with Gasteiger partial charge in [0.1, 0.15) is 0 Å². The van der Waals surface area contributed by atoms with E-state index in [-0.39, 0.29) is 18.4 Å². The number of amides is 2. The Kier molecular flexibility index (Phi) is 5.49. The van der Waals surface area contributed by atoms with Gasteiger partial charge in [0.15, 0.2) is 0 Å².